The van der Waals surface area contributed by atoms with Gasteiger partial charge in [0.15, 0.2) is 12.6 Å². The third-order valence-corrected chi connectivity index (χ3v) is 5.18. The van der Waals surface area contributed by atoms with Gasteiger partial charge in [-0.1, -0.05) is 42.0 Å². The second-order valence-corrected chi connectivity index (χ2v) is 7.52. The topological polar surface area (TPSA) is 38.7 Å². The van der Waals surface area contributed by atoms with Gasteiger partial charge in [-0.25, -0.2) is 0 Å². The highest BCUT2D eigenvalue weighted by molar-refractivity contribution is 5.28. The van der Waals surface area contributed by atoms with Crippen LogP contribution >= 0.6 is 0 Å². The molecule has 0 bridgehead atoms. The van der Waals surface area contributed by atoms with Crippen LogP contribution in [-0.4, -0.2) is 23.3 Å². The first-order chi connectivity index (χ1) is 10.9. The molecule has 0 saturated carbocycles. The molecular weight excluding hydrogens is 288 g/mol. The number of allylic oxidation sites excluding steroid dienone is 4. The molecule has 0 radical (unpaired) electrons. The molecule has 3 nitrogen and oxygen atoms in total. The van der Waals surface area contributed by atoms with Crippen LogP contribution in [0.25, 0.3) is 0 Å². The molecule has 0 aromatic carbocycles. The van der Waals surface area contributed by atoms with Gasteiger partial charge in [0.1, 0.15) is 0 Å². The second-order valence-electron chi connectivity index (χ2n) is 7.52. The van der Waals surface area contributed by atoms with E-state index >= 15 is 0 Å². The summed E-state index contributed by atoms with van der Waals surface area (Å²) in [6.07, 6.45) is 11.1. The van der Waals surface area contributed by atoms with Crippen molar-refractivity contribution >= 4 is 0 Å². The number of aliphatic hydroxyl groups excluding tert-OH is 1. The Bertz CT molecular complexity index is 567. The summed E-state index contributed by atoms with van der Waals surface area (Å²) in [6, 6.07) is 0. The van der Waals surface area contributed by atoms with Gasteiger partial charge in [0, 0.05) is 5.92 Å². The third-order valence-electron chi connectivity index (χ3n) is 5.18. The van der Waals surface area contributed by atoms with Gasteiger partial charge in [0.2, 0.25) is 0 Å². The molecule has 0 spiro atoms. The number of hydrogen-bond acceptors (Lipinski definition) is 3. The van der Waals surface area contributed by atoms with E-state index < -0.39 is 18.2 Å². The fourth-order valence-corrected chi connectivity index (χ4v) is 3.86. The maximum Gasteiger partial charge on any atom is 0.184 e. The fourth-order valence-electron chi connectivity index (χ4n) is 3.86. The number of ether oxygens (including phenoxy) is 2. The van der Waals surface area contributed by atoms with Gasteiger partial charge < -0.3 is 14.6 Å². The molecule has 3 aliphatic rings. The summed E-state index contributed by atoms with van der Waals surface area (Å²) in [5.74, 6) is 0.172. The molecule has 0 unspecified atom stereocenters. The van der Waals surface area contributed by atoms with Crippen LogP contribution in [-0.2, 0) is 9.47 Å². The van der Waals surface area contributed by atoms with Crippen LogP contribution in [0, 0.1) is 11.8 Å². The SMILES string of the molecule is C=C1CC/C=C(\C)CC[C@H]2C3=CC=CC(C)(C)O[C@@H]3O[C@@H](O)[C@H]12. The Morgan fingerprint density at radius 3 is 2.87 bits per heavy atom. The number of hydrogen-bond donors (Lipinski definition) is 1. The number of rotatable bonds is 0. The molecule has 3 rings (SSSR count). The minimum Gasteiger partial charge on any atom is -0.367 e. The van der Waals surface area contributed by atoms with E-state index in [1.165, 1.54) is 5.57 Å². The average Bonchev–Trinajstić information content (AvgIpc) is 2.55. The van der Waals surface area contributed by atoms with Gasteiger partial charge in [-0.2, -0.15) is 0 Å². The van der Waals surface area contributed by atoms with E-state index in [1.54, 1.807) is 0 Å². The normalized spacial score (nSPS) is 39.6. The molecule has 126 valence electrons. The summed E-state index contributed by atoms with van der Waals surface area (Å²) >= 11 is 0. The van der Waals surface area contributed by atoms with Crippen molar-refractivity contribution in [1.82, 2.24) is 0 Å². The average molecular weight is 316 g/mol. The maximum absolute atomic E-state index is 10.6. The first-order valence-electron chi connectivity index (χ1n) is 8.61. The lowest BCUT2D eigenvalue weighted by Gasteiger charge is -2.43. The summed E-state index contributed by atoms with van der Waals surface area (Å²) < 4.78 is 12.0. The van der Waals surface area contributed by atoms with Gasteiger partial charge in [-0.3, -0.25) is 0 Å². The zero-order chi connectivity index (χ0) is 16.6. The zero-order valence-electron chi connectivity index (χ0n) is 14.4. The van der Waals surface area contributed by atoms with E-state index in [0.29, 0.717) is 0 Å². The highest BCUT2D eigenvalue weighted by Gasteiger charge is 2.44. The van der Waals surface area contributed by atoms with E-state index in [4.69, 9.17) is 9.47 Å². The predicted molar refractivity (Wildman–Crippen MR) is 91.6 cm³/mol. The van der Waals surface area contributed by atoms with E-state index in [1.807, 2.05) is 19.9 Å². The standard InChI is InChI=1S/C20H28O3/c1-13-7-5-8-14(2)17-15(11-10-13)16-9-6-12-20(3,4)23-19(16)22-18(17)21/h6-7,9,12,15,17-19,21H,2,5,8,10-11H2,1,3-4H3/b13-7+/t15-,17+,18+,19-/m0/s1. The Hall–Kier alpha value is -1.16. The lowest BCUT2D eigenvalue weighted by atomic mass is 9.75. The van der Waals surface area contributed by atoms with E-state index in [2.05, 4.69) is 31.7 Å². The van der Waals surface area contributed by atoms with Crippen molar-refractivity contribution in [1.29, 1.82) is 0 Å². The molecular formula is C20H28O3. The smallest absolute Gasteiger partial charge is 0.184 e. The summed E-state index contributed by atoms with van der Waals surface area (Å²) in [5, 5.41) is 10.6. The van der Waals surface area contributed by atoms with Gasteiger partial charge in [0.05, 0.1) is 5.60 Å². The van der Waals surface area contributed by atoms with Crippen molar-refractivity contribution in [2.45, 2.75) is 64.6 Å². The fraction of sp³-hybridized carbons (Fsp3) is 0.600. The number of fused-ring (bicyclic) bond motifs is 3. The summed E-state index contributed by atoms with van der Waals surface area (Å²) in [4.78, 5) is 0. The van der Waals surface area contributed by atoms with Gasteiger partial charge in [0.25, 0.3) is 0 Å². The predicted octanol–water partition coefficient (Wildman–Crippen LogP) is 4.26. The van der Waals surface area contributed by atoms with Crippen LogP contribution < -0.4 is 0 Å². The third kappa shape index (κ3) is 3.52. The Kier molecular flexibility index (Phi) is 4.63. The van der Waals surface area contributed by atoms with E-state index in [-0.39, 0.29) is 11.8 Å². The molecule has 2 aliphatic heterocycles. The minimum absolute atomic E-state index is 0.0463. The van der Waals surface area contributed by atoms with Crippen molar-refractivity contribution in [3.8, 4) is 0 Å². The molecule has 0 aromatic heterocycles. The van der Waals surface area contributed by atoms with Crippen LogP contribution in [0.4, 0.5) is 0 Å². The van der Waals surface area contributed by atoms with Crippen LogP contribution in [0.3, 0.4) is 0 Å². The van der Waals surface area contributed by atoms with Crippen LogP contribution in [0.5, 0.6) is 0 Å². The Morgan fingerprint density at radius 2 is 2.09 bits per heavy atom. The molecule has 1 fully saturated rings. The van der Waals surface area contributed by atoms with Gasteiger partial charge in [-0.05, 0) is 57.9 Å². The van der Waals surface area contributed by atoms with Crippen molar-refractivity contribution in [3.63, 3.8) is 0 Å². The molecule has 23 heavy (non-hydrogen) atoms. The van der Waals surface area contributed by atoms with Crippen molar-refractivity contribution < 1.29 is 14.6 Å². The monoisotopic (exact) mass is 316 g/mol. The second kappa shape index (κ2) is 6.39. The van der Waals surface area contributed by atoms with Crippen molar-refractivity contribution in [2.24, 2.45) is 11.8 Å². The molecule has 3 heteroatoms. The molecule has 4 atom stereocenters. The van der Waals surface area contributed by atoms with Gasteiger partial charge >= 0.3 is 0 Å². The first-order valence-corrected chi connectivity index (χ1v) is 8.61. The van der Waals surface area contributed by atoms with Crippen LogP contribution in [0.1, 0.15) is 46.5 Å². The van der Waals surface area contributed by atoms with Crippen molar-refractivity contribution in [2.75, 3.05) is 0 Å². The molecule has 0 aromatic rings. The zero-order valence-corrected chi connectivity index (χ0v) is 14.4. The highest BCUT2D eigenvalue weighted by atomic mass is 16.7. The molecule has 0 amide bonds. The van der Waals surface area contributed by atoms with Crippen LogP contribution in [0.2, 0.25) is 0 Å². The largest absolute Gasteiger partial charge is 0.367 e. The summed E-state index contributed by atoms with van der Waals surface area (Å²) in [6.45, 7) is 10.5. The Labute approximate surface area is 139 Å². The number of aliphatic hydroxyl groups is 1. The quantitative estimate of drug-likeness (QED) is 0.679. The Balaban J connectivity index is 1.94. The molecule has 2 heterocycles. The van der Waals surface area contributed by atoms with Gasteiger partial charge in [-0.15, -0.1) is 0 Å². The van der Waals surface area contributed by atoms with Crippen molar-refractivity contribution in [3.05, 3.63) is 47.6 Å². The van der Waals surface area contributed by atoms with E-state index in [0.717, 1.165) is 36.8 Å². The molecule has 1 N–H and O–H groups in total. The van der Waals surface area contributed by atoms with E-state index in [9.17, 15) is 5.11 Å². The lowest BCUT2D eigenvalue weighted by Crippen LogP contribution is -2.46. The molecule has 1 saturated heterocycles. The van der Waals surface area contributed by atoms with Crippen LogP contribution in [0.15, 0.2) is 47.6 Å². The lowest BCUT2D eigenvalue weighted by molar-refractivity contribution is -0.271. The molecule has 1 aliphatic carbocycles. The summed E-state index contributed by atoms with van der Waals surface area (Å²) in [7, 11) is 0. The highest BCUT2D eigenvalue weighted by Crippen LogP contribution is 2.44. The Morgan fingerprint density at radius 1 is 1.30 bits per heavy atom. The minimum atomic E-state index is -0.845. The summed E-state index contributed by atoms with van der Waals surface area (Å²) in [5.41, 5.74) is 3.24. The maximum atomic E-state index is 10.6. The first kappa shape index (κ1) is 16.7.